The van der Waals surface area contributed by atoms with Crippen LogP contribution >= 0.6 is 0 Å². The van der Waals surface area contributed by atoms with E-state index in [2.05, 4.69) is 316 Å². The zero-order valence-corrected chi connectivity index (χ0v) is 64.2. The largest absolute Gasteiger partial charge is 0.456 e. The number of fused-ring (bicyclic) bond motifs is 18. The van der Waals surface area contributed by atoms with E-state index >= 15 is 0 Å². The van der Waals surface area contributed by atoms with Gasteiger partial charge in [0.1, 0.15) is 55.8 Å². The van der Waals surface area contributed by atoms with Crippen molar-refractivity contribution in [3.05, 3.63) is 389 Å². The summed E-state index contributed by atoms with van der Waals surface area (Å²) in [5.41, 5.74) is 35.2. The van der Waals surface area contributed by atoms with Crippen LogP contribution in [0.2, 0.25) is 0 Å². The highest BCUT2D eigenvalue weighted by Crippen LogP contribution is 2.44. The van der Waals surface area contributed by atoms with Gasteiger partial charge in [0.05, 0.1) is 16.7 Å². The lowest BCUT2D eigenvalue weighted by Gasteiger charge is -2.10. The molecule has 560 valence electrons. The molecule has 0 bridgehead atoms. The Hall–Kier alpha value is -16.4. The van der Waals surface area contributed by atoms with E-state index in [0.717, 1.165) is 205 Å². The SMILES string of the molecule is c1cc(-c2cccc(-c3ccc4oc5ccc(-c6cccc(-c7ccc8oc9ccncc9c8c7)c6)nc5c4c3)c2)cc(-c2ccc3oc4ccncc4c3c2)c1.c1ccc(-n2c3ccc(-c4cccc(-c5cccc(-c6ccc7oc8ccncc8c7c6)c5)c4)cc3c3cc(-c4cccc(-c5ccc6oc7ccncc7c6c5)c4)ccc32)cc1. The van der Waals surface area contributed by atoms with E-state index in [-0.39, 0.29) is 0 Å². The van der Waals surface area contributed by atoms with Crippen LogP contribution in [0.4, 0.5) is 0 Å². The number of hydrogen-bond donors (Lipinski definition) is 0. The van der Waals surface area contributed by atoms with Crippen LogP contribution in [0.25, 0.3) is 249 Å². The second kappa shape index (κ2) is 27.7. The molecule has 120 heavy (non-hydrogen) atoms. The topological polar surface area (TPSA) is 135 Å². The van der Waals surface area contributed by atoms with Gasteiger partial charge in [-0.05, 0) is 270 Å². The van der Waals surface area contributed by atoms with Gasteiger partial charge in [-0.1, -0.05) is 170 Å². The minimum absolute atomic E-state index is 0.761. The number of furan rings is 5. The summed E-state index contributed by atoms with van der Waals surface area (Å²) in [6.45, 7) is 0. The van der Waals surface area contributed by atoms with Gasteiger partial charge in [-0.3, -0.25) is 19.9 Å². The van der Waals surface area contributed by atoms with Crippen molar-refractivity contribution in [3.63, 3.8) is 0 Å². The number of benzene rings is 14. The Morgan fingerprint density at radius 3 is 0.758 bits per heavy atom. The van der Waals surface area contributed by atoms with E-state index in [4.69, 9.17) is 27.1 Å². The van der Waals surface area contributed by atoms with Gasteiger partial charge >= 0.3 is 0 Å². The molecule has 0 fully saturated rings. The van der Waals surface area contributed by atoms with E-state index in [1.54, 1.807) is 24.8 Å². The van der Waals surface area contributed by atoms with Crippen LogP contribution in [0, 0.1) is 0 Å². The Balaban J connectivity index is 0.000000137. The summed E-state index contributed by atoms with van der Waals surface area (Å²) >= 11 is 0. The molecule has 11 nitrogen and oxygen atoms in total. The fourth-order valence-electron chi connectivity index (χ4n) is 17.7. The normalized spacial score (nSPS) is 11.8. The lowest BCUT2D eigenvalue weighted by atomic mass is 9.95. The van der Waals surface area contributed by atoms with Crippen LogP contribution in [-0.4, -0.2) is 29.5 Å². The molecule has 0 radical (unpaired) electrons. The zero-order chi connectivity index (χ0) is 78.9. The van der Waals surface area contributed by atoms with Gasteiger partial charge < -0.3 is 26.7 Å². The van der Waals surface area contributed by atoms with Crippen molar-refractivity contribution >= 4 is 132 Å². The van der Waals surface area contributed by atoms with Crippen molar-refractivity contribution in [1.82, 2.24) is 29.5 Å². The van der Waals surface area contributed by atoms with Crippen LogP contribution < -0.4 is 0 Å². The summed E-state index contributed by atoms with van der Waals surface area (Å²) in [5.74, 6) is 0. The first kappa shape index (κ1) is 68.1. The van der Waals surface area contributed by atoms with E-state index in [0.29, 0.717) is 0 Å². The molecular weight excluding hydrogens is 1470 g/mol. The molecule has 0 unspecified atom stereocenters. The Labute approximate surface area is 685 Å². The fourth-order valence-corrected chi connectivity index (χ4v) is 17.7. The number of rotatable bonds is 11. The van der Waals surface area contributed by atoms with Gasteiger partial charge in [-0.2, -0.15) is 0 Å². The first-order valence-electron chi connectivity index (χ1n) is 40.0. The Morgan fingerprint density at radius 2 is 0.425 bits per heavy atom. The number of para-hydroxylation sites is 1. The molecule has 25 rings (SSSR count). The molecule has 11 aromatic heterocycles. The molecule has 0 amide bonds. The maximum absolute atomic E-state index is 6.30. The Bertz CT molecular complexity index is 8470. The molecule has 0 aliphatic heterocycles. The van der Waals surface area contributed by atoms with Crippen LogP contribution in [0.1, 0.15) is 0 Å². The minimum Gasteiger partial charge on any atom is -0.456 e. The summed E-state index contributed by atoms with van der Waals surface area (Å²) in [4.78, 5) is 22.5. The molecule has 14 aromatic carbocycles. The first-order valence-corrected chi connectivity index (χ1v) is 40.0. The van der Waals surface area contributed by atoms with Crippen LogP contribution in [0.3, 0.4) is 0 Å². The van der Waals surface area contributed by atoms with Crippen molar-refractivity contribution in [2.24, 2.45) is 0 Å². The van der Waals surface area contributed by atoms with E-state index in [1.807, 2.05) is 73.3 Å². The molecule has 0 aliphatic rings. The van der Waals surface area contributed by atoms with Gasteiger partial charge in [-0.25, -0.2) is 4.98 Å². The summed E-state index contributed by atoms with van der Waals surface area (Å²) in [6.07, 6.45) is 14.6. The van der Waals surface area contributed by atoms with Crippen LogP contribution in [0.5, 0.6) is 0 Å². The fraction of sp³-hybridized carbons (Fsp3) is 0. The number of pyridine rings is 5. The average molecular weight is 1540 g/mol. The van der Waals surface area contributed by atoms with Crippen molar-refractivity contribution in [3.8, 4) is 117 Å². The van der Waals surface area contributed by atoms with Gasteiger partial charge in [-0.15, -0.1) is 0 Å². The highest BCUT2D eigenvalue weighted by Gasteiger charge is 2.21. The summed E-state index contributed by atoms with van der Waals surface area (Å²) in [7, 11) is 0. The zero-order valence-electron chi connectivity index (χ0n) is 64.2. The van der Waals surface area contributed by atoms with E-state index in [1.165, 1.54) is 44.1 Å². The van der Waals surface area contributed by atoms with E-state index in [9.17, 15) is 0 Å². The number of hydrogen-bond acceptors (Lipinski definition) is 10. The summed E-state index contributed by atoms with van der Waals surface area (Å²) in [5, 5.41) is 11.7. The average Bonchev–Trinajstić information content (AvgIpc) is 1.58. The Morgan fingerprint density at radius 1 is 0.175 bits per heavy atom. The molecule has 25 aromatic rings. The third-order valence-corrected chi connectivity index (χ3v) is 23.6. The lowest BCUT2D eigenvalue weighted by Crippen LogP contribution is -1.93. The molecule has 11 heterocycles. The number of nitrogens with zero attached hydrogens (tertiary/aromatic N) is 6. The third-order valence-electron chi connectivity index (χ3n) is 23.6. The molecule has 0 aliphatic carbocycles. The molecule has 0 saturated carbocycles. The predicted molar refractivity (Wildman–Crippen MR) is 487 cm³/mol. The molecule has 11 heteroatoms. The van der Waals surface area contributed by atoms with Crippen LogP contribution in [0.15, 0.2) is 411 Å². The lowest BCUT2D eigenvalue weighted by molar-refractivity contribution is 0.668. The molecule has 0 saturated heterocycles. The second-order valence-electron chi connectivity index (χ2n) is 30.7. The maximum Gasteiger partial charge on any atom is 0.153 e. The van der Waals surface area contributed by atoms with Crippen molar-refractivity contribution in [2.45, 2.75) is 0 Å². The molecule has 0 atom stereocenters. The minimum atomic E-state index is 0.761. The van der Waals surface area contributed by atoms with Crippen molar-refractivity contribution in [1.29, 1.82) is 0 Å². The van der Waals surface area contributed by atoms with E-state index < -0.39 is 0 Å². The smallest absolute Gasteiger partial charge is 0.153 e. The Kier molecular flexibility index (Phi) is 15.7. The van der Waals surface area contributed by atoms with Gasteiger partial charge in [0.2, 0.25) is 0 Å². The molecule has 0 N–H and O–H groups in total. The first-order chi connectivity index (χ1) is 59.4. The predicted octanol–water partition coefficient (Wildman–Crippen LogP) is 29.6. The highest BCUT2D eigenvalue weighted by molar-refractivity contribution is 6.14. The van der Waals surface area contributed by atoms with Gasteiger partial charge in [0.25, 0.3) is 0 Å². The van der Waals surface area contributed by atoms with Gasteiger partial charge in [0.15, 0.2) is 5.58 Å². The van der Waals surface area contributed by atoms with Gasteiger partial charge in [0, 0.05) is 120 Å². The van der Waals surface area contributed by atoms with Crippen molar-refractivity contribution in [2.75, 3.05) is 0 Å². The van der Waals surface area contributed by atoms with Crippen molar-refractivity contribution < 1.29 is 22.1 Å². The molecular formula is C109H64N6O5. The molecule has 0 spiro atoms. The third kappa shape index (κ3) is 11.8. The maximum atomic E-state index is 6.30. The monoisotopic (exact) mass is 1540 g/mol. The second-order valence-corrected chi connectivity index (χ2v) is 30.7. The quantitative estimate of drug-likeness (QED) is 0.123. The standard InChI is InChI=1S/C58H35N3O2.C51H29N3O3/c1-2-13-46(14-3-1)61-53-19-15-42(38-9-4-7-36(27-38)37-8-5-11-40(28-37)44-17-21-55-49(32-44)51-34-59-25-23-57(51)62-55)30-47(53)48-31-43(16-20-54(48)61)39-10-6-12-41(29-39)45-18-22-56-50(33-45)52-35-60-26-24-58(52)63-56;1-4-30(22-32(6-1)35-10-14-45-39(25-35)42-28-52-20-18-48(42)55-45)31-5-2-7-33(23-31)37-12-16-47-41(27-37)51-50(57-47)17-13-44(54-51)38-9-3-8-34(24-38)36-11-15-46-40(26-36)43-29-53-21-19-49(43)56-46/h1-35H;1-29H. The summed E-state index contributed by atoms with van der Waals surface area (Å²) in [6, 6.07) is 121. The summed E-state index contributed by atoms with van der Waals surface area (Å²) < 4.78 is 33.0. The number of aromatic nitrogens is 6. The van der Waals surface area contributed by atoms with Crippen LogP contribution in [-0.2, 0) is 0 Å². The highest BCUT2D eigenvalue weighted by atomic mass is 16.3.